The van der Waals surface area contributed by atoms with Crippen LogP contribution in [0.4, 0.5) is 0 Å². The number of nitrogens with one attached hydrogen (secondary N) is 1. The van der Waals surface area contributed by atoms with Crippen LogP contribution < -0.4 is 5.32 Å². The number of rotatable bonds is 7. The molecule has 0 aromatic rings. The fraction of sp³-hybridized carbons (Fsp3) is 0.889. The maximum atomic E-state index is 12.8. The molecule has 0 spiro atoms. The molecule has 1 aliphatic carbocycles. The molecular weight excluding hydrogens is 290 g/mol. The van der Waals surface area contributed by atoms with E-state index in [0.29, 0.717) is 31.1 Å². The summed E-state index contributed by atoms with van der Waals surface area (Å²) in [6.07, 6.45) is 5.54. The molecule has 3 atom stereocenters. The van der Waals surface area contributed by atoms with Crippen LogP contribution in [0.5, 0.6) is 0 Å². The van der Waals surface area contributed by atoms with Crippen molar-refractivity contribution in [3.05, 3.63) is 0 Å². The zero-order valence-corrected chi connectivity index (χ0v) is 15.2. The highest BCUT2D eigenvalue weighted by Crippen LogP contribution is 2.31. The van der Waals surface area contributed by atoms with Gasteiger partial charge >= 0.3 is 0 Å². The highest BCUT2D eigenvalue weighted by Gasteiger charge is 2.36. The molecule has 0 unspecified atom stereocenters. The molecule has 1 saturated heterocycles. The van der Waals surface area contributed by atoms with Crippen LogP contribution in [0.2, 0.25) is 0 Å². The molecule has 0 aromatic carbocycles. The Kier molecular flexibility index (Phi) is 6.45. The van der Waals surface area contributed by atoms with E-state index in [2.05, 4.69) is 31.0 Å². The zero-order valence-electron chi connectivity index (χ0n) is 15.2. The van der Waals surface area contributed by atoms with Gasteiger partial charge in [-0.3, -0.25) is 14.5 Å². The van der Waals surface area contributed by atoms with Gasteiger partial charge in [0.15, 0.2) is 0 Å². The van der Waals surface area contributed by atoms with Crippen molar-refractivity contribution < 1.29 is 9.59 Å². The molecule has 132 valence electrons. The van der Waals surface area contributed by atoms with E-state index >= 15 is 0 Å². The number of carbonyl (C=O) groups excluding carboxylic acids is 2. The Morgan fingerprint density at radius 3 is 2.52 bits per heavy atom. The van der Waals surface area contributed by atoms with E-state index in [9.17, 15) is 9.59 Å². The number of nitrogens with zero attached hydrogens (tertiary/aromatic N) is 2. The number of likely N-dealkylation sites (tertiary alicyclic amines) is 1. The normalized spacial score (nSPS) is 24.4. The van der Waals surface area contributed by atoms with Crippen LogP contribution >= 0.6 is 0 Å². The van der Waals surface area contributed by atoms with Gasteiger partial charge < -0.3 is 10.2 Å². The monoisotopic (exact) mass is 323 g/mol. The first-order chi connectivity index (χ1) is 10.9. The quantitative estimate of drug-likeness (QED) is 0.780. The molecule has 2 amide bonds. The minimum atomic E-state index is -0.00528. The van der Waals surface area contributed by atoms with Crippen molar-refractivity contribution in [1.82, 2.24) is 15.1 Å². The van der Waals surface area contributed by atoms with Gasteiger partial charge in [0.2, 0.25) is 11.8 Å². The Labute approximate surface area is 140 Å². The summed E-state index contributed by atoms with van der Waals surface area (Å²) in [5.74, 6) is 0.827. The summed E-state index contributed by atoms with van der Waals surface area (Å²) in [5.41, 5.74) is 0. The molecule has 0 radical (unpaired) electrons. The molecule has 5 nitrogen and oxygen atoms in total. The third-order valence-electron chi connectivity index (χ3n) is 5.51. The van der Waals surface area contributed by atoms with Crippen LogP contribution in [-0.4, -0.2) is 59.4 Å². The lowest BCUT2D eigenvalue weighted by atomic mass is 9.99. The van der Waals surface area contributed by atoms with Crippen LogP contribution in [0, 0.1) is 5.92 Å². The molecule has 1 heterocycles. The van der Waals surface area contributed by atoms with E-state index in [0.717, 1.165) is 25.8 Å². The van der Waals surface area contributed by atoms with Crippen molar-refractivity contribution in [2.75, 3.05) is 19.6 Å². The molecule has 2 rings (SSSR count). The first-order valence-electron chi connectivity index (χ1n) is 9.23. The Balaban J connectivity index is 1.91. The molecular formula is C18H33N3O2. The largest absolute Gasteiger partial charge is 0.352 e. The average Bonchev–Trinajstić information content (AvgIpc) is 3.35. The topological polar surface area (TPSA) is 52.7 Å². The van der Waals surface area contributed by atoms with E-state index < -0.39 is 0 Å². The van der Waals surface area contributed by atoms with Gasteiger partial charge in [0.1, 0.15) is 0 Å². The summed E-state index contributed by atoms with van der Waals surface area (Å²) < 4.78 is 0. The standard InChI is InChI=1S/C18H33N3O2/c1-5-13(2)14(3)21(17-8-9-17)12-18(23)20-10-6-7-16(11-20)19-15(4)22/h13-14,16-17H,5-12H2,1-4H3,(H,19,22)/t13-,14+,16+/m0/s1. The predicted octanol–water partition coefficient (Wildman–Crippen LogP) is 2.01. The zero-order chi connectivity index (χ0) is 17.0. The van der Waals surface area contributed by atoms with E-state index in [1.165, 1.54) is 12.8 Å². The van der Waals surface area contributed by atoms with Gasteiger partial charge in [-0.05, 0) is 38.5 Å². The van der Waals surface area contributed by atoms with Crippen molar-refractivity contribution in [2.45, 2.75) is 77.9 Å². The maximum absolute atomic E-state index is 12.8. The summed E-state index contributed by atoms with van der Waals surface area (Å²) in [7, 11) is 0. The molecule has 23 heavy (non-hydrogen) atoms. The minimum absolute atomic E-state index is 0.00528. The first-order valence-corrected chi connectivity index (χ1v) is 9.23. The Morgan fingerprint density at radius 1 is 1.26 bits per heavy atom. The van der Waals surface area contributed by atoms with Gasteiger partial charge in [0, 0.05) is 38.1 Å². The summed E-state index contributed by atoms with van der Waals surface area (Å²) in [4.78, 5) is 28.4. The van der Waals surface area contributed by atoms with Gasteiger partial charge in [-0.2, -0.15) is 0 Å². The van der Waals surface area contributed by atoms with Crippen molar-refractivity contribution in [3.8, 4) is 0 Å². The third kappa shape index (κ3) is 5.20. The number of hydrogen-bond donors (Lipinski definition) is 1. The molecule has 1 aliphatic heterocycles. The molecule has 5 heteroatoms. The molecule has 1 saturated carbocycles. The fourth-order valence-corrected chi connectivity index (χ4v) is 3.54. The van der Waals surface area contributed by atoms with Crippen LogP contribution in [-0.2, 0) is 9.59 Å². The summed E-state index contributed by atoms with van der Waals surface area (Å²) in [6.45, 7) is 10.3. The second-order valence-electron chi connectivity index (χ2n) is 7.41. The second-order valence-corrected chi connectivity index (χ2v) is 7.41. The van der Waals surface area contributed by atoms with Gasteiger partial charge in [-0.1, -0.05) is 20.3 Å². The molecule has 0 aromatic heterocycles. The number of carbonyl (C=O) groups is 2. The van der Waals surface area contributed by atoms with Crippen molar-refractivity contribution in [2.24, 2.45) is 5.92 Å². The predicted molar refractivity (Wildman–Crippen MR) is 92.1 cm³/mol. The summed E-state index contributed by atoms with van der Waals surface area (Å²) >= 11 is 0. The first kappa shape index (κ1) is 18.2. The average molecular weight is 323 g/mol. The maximum Gasteiger partial charge on any atom is 0.236 e. The lowest BCUT2D eigenvalue weighted by Gasteiger charge is -2.37. The molecule has 2 aliphatic rings. The highest BCUT2D eigenvalue weighted by molar-refractivity contribution is 5.79. The number of piperidine rings is 1. The molecule has 2 fully saturated rings. The highest BCUT2D eigenvalue weighted by atomic mass is 16.2. The van der Waals surface area contributed by atoms with Crippen molar-refractivity contribution in [1.29, 1.82) is 0 Å². The Bertz CT molecular complexity index is 422. The third-order valence-corrected chi connectivity index (χ3v) is 5.51. The Morgan fingerprint density at radius 2 is 1.96 bits per heavy atom. The van der Waals surface area contributed by atoms with E-state index in [-0.39, 0.29) is 17.9 Å². The lowest BCUT2D eigenvalue weighted by molar-refractivity contribution is -0.135. The SMILES string of the molecule is CC[C@H](C)[C@@H](C)N(CC(=O)N1CCC[C@@H](NC(C)=O)C1)C1CC1. The number of amides is 2. The summed E-state index contributed by atoms with van der Waals surface area (Å²) in [6, 6.07) is 1.16. The van der Waals surface area contributed by atoms with Gasteiger partial charge in [0.05, 0.1) is 6.54 Å². The van der Waals surface area contributed by atoms with Crippen molar-refractivity contribution >= 4 is 11.8 Å². The van der Waals surface area contributed by atoms with Crippen LogP contribution in [0.1, 0.15) is 59.8 Å². The van der Waals surface area contributed by atoms with E-state index in [1.807, 2.05) is 4.90 Å². The Hall–Kier alpha value is -1.10. The molecule has 0 bridgehead atoms. The van der Waals surface area contributed by atoms with Crippen molar-refractivity contribution in [3.63, 3.8) is 0 Å². The van der Waals surface area contributed by atoms with E-state index in [4.69, 9.17) is 0 Å². The van der Waals surface area contributed by atoms with E-state index in [1.54, 1.807) is 6.92 Å². The minimum Gasteiger partial charge on any atom is -0.352 e. The number of hydrogen-bond acceptors (Lipinski definition) is 3. The van der Waals surface area contributed by atoms with Crippen LogP contribution in [0.3, 0.4) is 0 Å². The smallest absolute Gasteiger partial charge is 0.236 e. The van der Waals surface area contributed by atoms with Crippen LogP contribution in [0.25, 0.3) is 0 Å². The van der Waals surface area contributed by atoms with Gasteiger partial charge in [-0.25, -0.2) is 0 Å². The fourth-order valence-electron chi connectivity index (χ4n) is 3.54. The molecule has 1 N–H and O–H groups in total. The van der Waals surface area contributed by atoms with Crippen LogP contribution in [0.15, 0.2) is 0 Å². The van der Waals surface area contributed by atoms with Gasteiger partial charge in [0.25, 0.3) is 0 Å². The van der Waals surface area contributed by atoms with Gasteiger partial charge in [-0.15, -0.1) is 0 Å². The summed E-state index contributed by atoms with van der Waals surface area (Å²) in [5, 5.41) is 2.96. The second kappa shape index (κ2) is 8.13. The lowest BCUT2D eigenvalue weighted by Crippen LogP contribution is -2.53.